The van der Waals surface area contributed by atoms with Gasteiger partial charge in [-0.2, -0.15) is 0 Å². The van der Waals surface area contributed by atoms with Gasteiger partial charge >= 0.3 is 0 Å². The van der Waals surface area contributed by atoms with Gasteiger partial charge in [-0.3, -0.25) is 0 Å². The molecule has 2 rings (SSSR count). The fraction of sp³-hybridized carbons (Fsp3) is 0.647. The molecule has 0 heterocycles. The molecule has 1 nitrogen and oxygen atoms in total. The largest absolute Gasteiger partial charge is 0.388 e. The molecule has 1 aromatic rings. The summed E-state index contributed by atoms with van der Waals surface area (Å²) in [6.45, 7) is 8.98. The van der Waals surface area contributed by atoms with Crippen LogP contribution in [0.15, 0.2) is 12.1 Å². The van der Waals surface area contributed by atoms with E-state index in [4.69, 9.17) is 0 Å². The molecule has 1 aromatic carbocycles. The van der Waals surface area contributed by atoms with Gasteiger partial charge < -0.3 is 5.11 Å². The molecule has 1 N–H and O–H groups in total. The molecule has 0 radical (unpaired) electrons. The second-order valence-corrected chi connectivity index (χ2v) is 6.25. The van der Waals surface area contributed by atoms with E-state index in [1.165, 1.54) is 28.7 Å². The molecule has 0 spiro atoms. The second-order valence-electron chi connectivity index (χ2n) is 6.25. The molecule has 0 fully saturated rings. The van der Waals surface area contributed by atoms with Crippen molar-refractivity contribution in [3.05, 3.63) is 34.4 Å². The summed E-state index contributed by atoms with van der Waals surface area (Å²) < 4.78 is 0. The fourth-order valence-electron chi connectivity index (χ4n) is 2.97. The Morgan fingerprint density at radius 3 is 2.39 bits per heavy atom. The molecular formula is C17H26O. The van der Waals surface area contributed by atoms with Crippen LogP contribution in [0, 0.1) is 0 Å². The molecule has 1 aliphatic carbocycles. The Morgan fingerprint density at radius 2 is 1.78 bits per heavy atom. The van der Waals surface area contributed by atoms with Gasteiger partial charge in [-0.05, 0) is 53.4 Å². The summed E-state index contributed by atoms with van der Waals surface area (Å²) in [5.41, 5.74) is 5.47. The number of hydrogen-bond acceptors (Lipinski definition) is 1. The minimum absolute atomic E-state index is 0.251. The molecule has 0 aromatic heterocycles. The first kappa shape index (κ1) is 13.6. The number of benzene rings is 1. The molecular weight excluding hydrogens is 220 g/mol. The zero-order valence-electron chi connectivity index (χ0n) is 12.2. The average Bonchev–Trinajstić information content (AvgIpc) is 2.50. The first-order chi connectivity index (χ1) is 8.50. The predicted octanol–water partition coefficient (Wildman–Crippen LogP) is 4.69. The van der Waals surface area contributed by atoms with E-state index in [0.717, 1.165) is 19.3 Å². The number of hydrogen-bond donors (Lipinski definition) is 1. The van der Waals surface area contributed by atoms with E-state index < -0.39 is 0 Å². The maximum Gasteiger partial charge on any atom is 0.0792 e. The Labute approximate surface area is 111 Å². The SMILES string of the molecule is CC(C)c1cc(C(C)C)c2c(c1)[C@H](O)CCCC2. The molecule has 1 heteroatoms. The molecule has 1 aliphatic rings. The van der Waals surface area contributed by atoms with Crippen molar-refractivity contribution in [2.24, 2.45) is 0 Å². The van der Waals surface area contributed by atoms with Gasteiger partial charge in [-0.25, -0.2) is 0 Å². The van der Waals surface area contributed by atoms with E-state index in [0.29, 0.717) is 11.8 Å². The summed E-state index contributed by atoms with van der Waals surface area (Å²) in [4.78, 5) is 0. The van der Waals surface area contributed by atoms with Crippen LogP contribution in [-0.4, -0.2) is 5.11 Å². The summed E-state index contributed by atoms with van der Waals surface area (Å²) in [7, 11) is 0. The molecule has 100 valence electrons. The minimum Gasteiger partial charge on any atom is -0.388 e. The van der Waals surface area contributed by atoms with Crippen molar-refractivity contribution in [3.8, 4) is 0 Å². The number of fused-ring (bicyclic) bond motifs is 1. The molecule has 1 atom stereocenters. The van der Waals surface area contributed by atoms with Crippen LogP contribution in [0.4, 0.5) is 0 Å². The summed E-state index contributed by atoms with van der Waals surface area (Å²) in [6.07, 6.45) is 4.17. The lowest BCUT2D eigenvalue weighted by molar-refractivity contribution is 0.166. The van der Waals surface area contributed by atoms with Crippen LogP contribution in [0.1, 0.15) is 87.2 Å². The van der Waals surface area contributed by atoms with Crippen LogP contribution < -0.4 is 0 Å². The van der Waals surface area contributed by atoms with Gasteiger partial charge in [0.15, 0.2) is 0 Å². The molecule has 0 amide bonds. The van der Waals surface area contributed by atoms with Gasteiger partial charge in [0, 0.05) is 0 Å². The Hall–Kier alpha value is -0.820. The van der Waals surface area contributed by atoms with E-state index in [2.05, 4.69) is 39.8 Å². The summed E-state index contributed by atoms with van der Waals surface area (Å²) in [5.74, 6) is 1.08. The third-order valence-corrected chi connectivity index (χ3v) is 4.14. The molecule has 0 unspecified atom stereocenters. The van der Waals surface area contributed by atoms with Crippen LogP contribution >= 0.6 is 0 Å². The summed E-state index contributed by atoms with van der Waals surface area (Å²) >= 11 is 0. The van der Waals surface area contributed by atoms with Gasteiger partial charge in [-0.15, -0.1) is 0 Å². The highest BCUT2D eigenvalue weighted by molar-refractivity contribution is 5.43. The van der Waals surface area contributed by atoms with E-state index in [1.54, 1.807) is 0 Å². The van der Waals surface area contributed by atoms with Gasteiger partial charge in [0.2, 0.25) is 0 Å². The lowest BCUT2D eigenvalue weighted by Crippen LogP contribution is -2.06. The molecule has 0 aliphatic heterocycles. The van der Waals surface area contributed by atoms with Gasteiger partial charge in [0.25, 0.3) is 0 Å². The zero-order valence-corrected chi connectivity index (χ0v) is 12.2. The van der Waals surface area contributed by atoms with Crippen LogP contribution in [0.3, 0.4) is 0 Å². The second kappa shape index (κ2) is 5.44. The first-order valence-electron chi connectivity index (χ1n) is 7.35. The lowest BCUT2D eigenvalue weighted by Gasteiger charge is -2.21. The van der Waals surface area contributed by atoms with Gasteiger partial charge in [0.05, 0.1) is 6.10 Å². The van der Waals surface area contributed by atoms with E-state index in [9.17, 15) is 5.11 Å². The highest BCUT2D eigenvalue weighted by Gasteiger charge is 2.21. The van der Waals surface area contributed by atoms with Crippen molar-refractivity contribution in [2.75, 3.05) is 0 Å². The van der Waals surface area contributed by atoms with Crippen LogP contribution in [0.5, 0.6) is 0 Å². The highest BCUT2D eigenvalue weighted by Crippen LogP contribution is 2.36. The lowest BCUT2D eigenvalue weighted by atomic mass is 9.85. The third-order valence-electron chi connectivity index (χ3n) is 4.14. The Kier molecular flexibility index (Phi) is 4.11. The third kappa shape index (κ3) is 2.61. The summed E-state index contributed by atoms with van der Waals surface area (Å²) in [6, 6.07) is 4.62. The van der Waals surface area contributed by atoms with Gasteiger partial charge in [0.1, 0.15) is 0 Å². The van der Waals surface area contributed by atoms with Crippen molar-refractivity contribution in [1.29, 1.82) is 0 Å². The Bertz CT molecular complexity index is 418. The highest BCUT2D eigenvalue weighted by atomic mass is 16.3. The fourth-order valence-corrected chi connectivity index (χ4v) is 2.97. The standard InChI is InChI=1S/C17H26O/c1-11(2)13-9-15(12(3)4)14-7-5-6-8-17(18)16(14)10-13/h9-12,17-18H,5-8H2,1-4H3/t17-/m1/s1. The average molecular weight is 246 g/mol. The molecule has 0 bridgehead atoms. The normalized spacial score (nSPS) is 20.1. The van der Waals surface area contributed by atoms with Crippen molar-refractivity contribution in [3.63, 3.8) is 0 Å². The maximum absolute atomic E-state index is 10.4. The van der Waals surface area contributed by atoms with E-state index >= 15 is 0 Å². The maximum atomic E-state index is 10.4. The van der Waals surface area contributed by atoms with Crippen LogP contribution in [0.2, 0.25) is 0 Å². The first-order valence-corrected chi connectivity index (χ1v) is 7.35. The van der Waals surface area contributed by atoms with Crippen molar-refractivity contribution >= 4 is 0 Å². The quantitative estimate of drug-likeness (QED) is 0.750. The molecule has 0 saturated heterocycles. The number of rotatable bonds is 2. The van der Waals surface area contributed by atoms with E-state index in [1.807, 2.05) is 0 Å². The smallest absolute Gasteiger partial charge is 0.0792 e. The van der Waals surface area contributed by atoms with E-state index in [-0.39, 0.29) is 6.10 Å². The van der Waals surface area contributed by atoms with Gasteiger partial charge in [-0.1, -0.05) is 46.2 Å². The van der Waals surface area contributed by atoms with Crippen molar-refractivity contribution in [2.45, 2.75) is 71.3 Å². The number of aliphatic hydroxyl groups excluding tert-OH is 1. The molecule has 0 saturated carbocycles. The summed E-state index contributed by atoms with van der Waals surface area (Å²) in [5, 5.41) is 10.4. The Balaban J connectivity index is 2.58. The minimum atomic E-state index is -0.251. The van der Waals surface area contributed by atoms with Crippen LogP contribution in [0.25, 0.3) is 0 Å². The number of aliphatic hydroxyl groups is 1. The molecule has 18 heavy (non-hydrogen) atoms. The van der Waals surface area contributed by atoms with Crippen molar-refractivity contribution in [1.82, 2.24) is 0 Å². The predicted molar refractivity (Wildman–Crippen MR) is 77.1 cm³/mol. The monoisotopic (exact) mass is 246 g/mol. The van der Waals surface area contributed by atoms with Crippen molar-refractivity contribution < 1.29 is 5.11 Å². The van der Waals surface area contributed by atoms with Crippen LogP contribution in [-0.2, 0) is 6.42 Å². The zero-order chi connectivity index (χ0) is 13.3. The Morgan fingerprint density at radius 1 is 1.06 bits per heavy atom. The topological polar surface area (TPSA) is 20.2 Å².